The normalized spacial score (nSPS) is 16.7. The number of rotatable bonds is 5. The van der Waals surface area contributed by atoms with Crippen molar-refractivity contribution in [3.05, 3.63) is 29.3 Å². The van der Waals surface area contributed by atoms with Crippen LogP contribution in [0.1, 0.15) is 36.8 Å². The maximum atomic E-state index is 13.1. The quantitative estimate of drug-likeness (QED) is 0.880. The van der Waals surface area contributed by atoms with Crippen molar-refractivity contribution in [2.45, 2.75) is 31.1 Å². The highest BCUT2D eigenvalue weighted by Crippen LogP contribution is 2.54. The van der Waals surface area contributed by atoms with Crippen LogP contribution < -0.4 is 4.74 Å². The molecular weight excluding hydrogens is 242 g/mol. The van der Waals surface area contributed by atoms with Crippen LogP contribution in [0.2, 0.25) is 0 Å². The summed E-state index contributed by atoms with van der Waals surface area (Å²) in [5.41, 5.74) is -0.385. The molecule has 0 saturated heterocycles. The molecule has 0 amide bonds. The number of hydrogen-bond donors (Lipinski definition) is 1. The first-order valence-electron chi connectivity index (χ1n) is 5.67. The van der Waals surface area contributed by atoms with Crippen molar-refractivity contribution >= 4 is 5.97 Å². The van der Waals surface area contributed by atoms with Gasteiger partial charge in [0.1, 0.15) is 5.75 Å². The van der Waals surface area contributed by atoms with Crippen molar-refractivity contribution < 1.29 is 23.4 Å². The second kappa shape index (κ2) is 4.55. The van der Waals surface area contributed by atoms with Crippen LogP contribution in [0.4, 0.5) is 8.78 Å². The minimum Gasteiger partial charge on any atom is -0.496 e. The van der Waals surface area contributed by atoms with E-state index in [-0.39, 0.29) is 17.7 Å². The Balaban J connectivity index is 2.47. The lowest BCUT2D eigenvalue weighted by atomic mass is 9.88. The molecule has 0 aliphatic heterocycles. The molecule has 0 bridgehead atoms. The Bertz CT molecular complexity index is 467. The summed E-state index contributed by atoms with van der Waals surface area (Å²) >= 11 is 0. The minimum atomic E-state index is -2.66. The van der Waals surface area contributed by atoms with Crippen LogP contribution in [0.25, 0.3) is 0 Å². The third-order valence-electron chi connectivity index (χ3n) is 3.42. The lowest BCUT2D eigenvalue weighted by Crippen LogP contribution is -2.16. The number of carbonyl (C=O) groups is 1. The van der Waals surface area contributed by atoms with Gasteiger partial charge in [0.05, 0.1) is 19.1 Å². The van der Waals surface area contributed by atoms with Crippen LogP contribution in [0.5, 0.6) is 5.75 Å². The molecule has 1 fully saturated rings. The summed E-state index contributed by atoms with van der Waals surface area (Å²) in [4.78, 5) is 10.8. The molecule has 1 N–H and O–H groups in total. The number of benzene rings is 1. The molecule has 1 aromatic carbocycles. The van der Waals surface area contributed by atoms with Gasteiger partial charge in [-0.1, -0.05) is 12.1 Å². The SMILES string of the molecule is COc1cccc(C2(CC(=O)O)CC2)c1C(F)F. The van der Waals surface area contributed by atoms with E-state index in [0.717, 1.165) is 0 Å². The van der Waals surface area contributed by atoms with Crippen molar-refractivity contribution in [2.24, 2.45) is 0 Å². The lowest BCUT2D eigenvalue weighted by Gasteiger charge is -2.19. The number of ether oxygens (including phenoxy) is 1. The van der Waals surface area contributed by atoms with Crippen molar-refractivity contribution in [3.63, 3.8) is 0 Å². The summed E-state index contributed by atoms with van der Waals surface area (Å²) in [6, 6.07) is 4.68. The Morgan fingerprint density at radius 1 is 1.50 bits per heavy atom. The first-order chi connectivity index (χ1) is 8.50. The van der Waals surface area contributed by atoms with Crippen molar-refractivity contribution in [1.82, 2.24) is 0 Å². The molecule has 0 radical (unpaired) electrons. The average molecular weight is 256 g/mol. The third-order valence-corrected chi connectivity index (χ3v) is 3.42. The number of methoxy groups -OCH3 is 1. The largest absolute Gasteiger partial charge is 0.496 e. The molecule has 1 aromatic rings. The predicted octanol–water partition coefficient (Wildman–Crippen LogP) is 3.14. The first kappa shape index (κ1) is 12.8. The fraction of sp³-hybridized carbons (Fsp3) is 0.462. The Kier molecular flexibility index (Phi) is 3.24. The molecule has 5 heteroatoms. The lowest BCUT2D eigenvalue weighted by molar-refractivity contribution is -0.137. The molecule has 0 aromatic heterocycles. The van der Waals surface area contributed by atoms with Gasteiger partial charge in [-0.25, -0.2) is 8.78 Å². The van der Waals surface area contributed by atoms with Crippen LogP contribution in [-0.4, -0.2) is 18.2 Å². The van der Waals surface area contributed by atoms with Gasteiger partial charge in [-0.15, -0.1) is 0 Å². The summed E-state index contributed by atoms with van der Waals surface area (Å²) in [6.07, 6.45) is -1.51. The van der Waals surface area contributed by atoms with E-state index in [4.69, 9.17) is 9.84 Å². The molecule has 0 atom stereocenters. The summed E-state index contributed by atoms with van der Waals surface area (Å²) in [5.74, 6) is -0.838. The van der Waals surface area contributed by atoms with Gasteiger partial charge in [0.25, 0.3) is 6.43 Å². The minimum absolute atomic E-state index is 0.111. The van der Waals surface area contributed by atoms with Gasteiger partial charge in [-0.3, -0.25) is 4.79 Å². The Labute approximate surface area is 103 Å². The van der Waals surface area contributed by atoms with E-state index in [1.165, 1.54) is 13.2 Å². The predicted molar refractivity (Wildman–Crippen MR) is 61.1 cm³/mol. The van der Waals surface area contributed by atoms with Gasteiger partial charge in [-0.05, 0) is 24.5 Å². The highest BCUT2D eigenvalue weighted by Gasteiger charge is 2.48. The molecule has 3 nitrogen and oxygen atoms in total. The van der Waals surface area contributed by atoms with Gasteiger partial charge in [0.15, 0.2) is 0 Å². The maximum Gasteiger partial charge on any atom is 0.304 e. The average Bonchev–Trinajstić information content (AvgIpc) is 3.07. The molecule has 2 rings (SSSR count). The fourth-order valence-corrected chi connectivity index (χ4v) is 2.39. The van der Waals surface area contributed by atoms with Crippen LogP contribution in [-0.2, 0) is 10.2 Å². The van der Waals surface area contributed by atoms with E-state index >= 15 is 0 Å². The number of hydrogen-bond acceptors (Lipinski definition) is 2. The van der Waals surface area contributed by atoms with Gasteiger partial charge in [0.2, 0.25) is 0 Å². The second-order valence-corrected chi connectivity index (χ2v) is 4.57. The van der Waals surface area contributed by atoms with Gasteiger partial charge >= 0.3 is 5.97 Å². The Hall–Kier alpha value is -1.65. The zero-order chi connectivity index (χ0) is 13.3. The maximum absolute atomic E-state index is 13.1. The number of alkyl halides is 2. The fourth-order valence-electron chi connectivity index (χ4n) is 2.39. The van der Waals surface area contributed by atoms with E-state index in [1.54, 1.807) is 12.1 Å². The second-order valence-electron chi connectivity index (χ2n) is 4.57. The summed E-state index contributed by atoms with van der Waals surface area (Å²) in [7, 11) is 1.34. The standard InChI is InChI=1S/C13H14F2O3/c1-18-9-4-2-3-8(11(9)12(14)15)13(5-6-13)7-10(16)17/h2-4,12H,5-7H2,1H3,(H,16,17). The number of halogens is 2. The smallest absolute Gasteiger partial charge is 0.304 e. The van der Waals surface area contributed by atoms with Crippen molar-refractivity contribution in [2.75, 3.05) is 7.11 Å². The molecule has 0 spiro atoms. The summed E-state index contributed by atoms with van der Waals surface area (Å²) < 4.78 is 31.2. The molecule has 1 aliphatic rings. The topological polar surface area (TPSA) is 46.5 Å². The highest BCUT2D eigenvalue weighted by molar-refractivity contribution is 5.70. The van der Waals surface area contributed by atoms with E-state index in [2.05, 4.69) is 0 Å². The Morgan fingerprint density at radius 3 is 2.61 bits per heavy atom. The molecule has 98 valence electrons. The van der Waals surface area contributed by atoms with Crippen LogP contribution >= 0.6 is 0 Å². The molecule has 1 saturated carbocycles. The third kappa shape index (κ3) is 2.17. The molecule has 18 heavy (non-hydrogen) atoms. The number of carboxylic acid groups (broad SMARTS) is 1. The van der Waals surface area contributed by atoms with E-state index in [1.807, 2.05) is 0 Å². The molecule has 1 aliphatic carbocycles. The van der Waals surface area contributed by atoms with E-state index in [9.17, 15) is 13.6 Å². The Morgan fingerprint density at radius 2 is 2.17 bits per heavy atom. The summed E-state index contributed by atoms with van der Waals surface area (Å²) in [5, 5.41) is 8.89. The van der Waals surface area contributed by atoms with Gasteiger partial charge < -0.3 is 9.84 Å². The molecule has 0 heterocycles. The van der Waals surface area contributed by atoms with Crippen molar-refractivity contribution in [1.29, 1.82) is 0 Å². The van der Waals surface area contributed by atoms with Crippen LogP contribution in [0.3, 0.4) is 0 Å². The van der Waals surface area contributed by atoms with Gasteiger partial charge in [-0.2, -0.15) is 0 Å². The van der Waals surface area contributed by atoms with E-state index in [0.29, 0.717) is 18.4 Å². The van der Waals surface area contributed by atoms with Gasteiger partial charge in [0, 0.05) is 5.41 Å². The summed E-state index contributed by atoms with van der Waals surface area (Å²) in [6.45, 7) is 0. The highest BCUT2D eigenvalue weighted by atomic mass is 19.3. The van der Waals surface area contributed by atoms with Crippen molar-refractivity contribution in [3.8, 4) is 5.75 Å². The zero-order valence-corrected chi connectivity index (χ0v) is 9.95. The van der Waals surface area contributed by atoms with E-state index < -0.39 is 17.8 Å². The number of aliphatic carboxylic acids is 1. The van der Waals surface area contributed by atoms with Crippen LogP contribution in [0.15, 0.2) is 18.2 Å². The molecule has 0 unspecified atom stereocenters. The zero-order valence-electron chi connectivity index (χ0n) is 9.95. The monoisotopic (exact) mass is 256 g/mol. The molecular formula is C13H14F2O3. The number of carboxylic acids is 1. The van der Waals surface area contributed by atoms with Crippen LogP contribution in [0, 0.1) is 0 Å². The first-order valence-corrected chi connectivity index (χ1v) is 5.67.